The lowest BCUT2D eigenvalue weighted by Gasteiger charge is -2.60. The molecule has 0 saturated heterocycles. The van der Waals surface area contributed by atoms with Gasteiger partial charge in [0, 0.05) is 12.0 Å². The van der Waals surface area contributed by atoms with Crippen LogP contribution < -0.4 is 0 Å². The fourth-order valence-electron chi connectivity index (χ4n) is 8.52. The normalized spacial score (nSPS) is 36.9. The molecule has 0 unspecified atom stereocenters. The lowest BCUT2D eigenvalue weighted by Crippen LogP contribution is -2.52. The second-order valence-electron chi connectivity index (χ2n) is 12.6. The van der Waals surface area contributed by atoms with Gasteiger partial charge in [-0.15, -0.1) is 0 Å². The number of rotatable bonds is 10. The van der Waals surface area contributed by atoms with Crippen LogP contribution in [0.4, 0.5) is 0 Å². The van der Waals surface area contributed by atoms with Crippen LogP contribution >= 0.6 is 0 Å². The monoisotopic (exact) mass is 500 g/mol. The van der Waals surface area contributed by atoms with E-state index in [1.807, 2.05) is 6.08 Å². The molecule has 0 aromatic carbocycles. The summed E-state index contributed by atoms with van der Waals surface area (Å²) in [5.74, 6) is 0.756. The van der Waals surface area contributed by atoms with Gasteiger partial charge in [-0.25, -0.2) is 4.79 Å². The Morgan fingerprint density at radius 3 is 2.53 bits per heavy atom. The van der Waals surface area contributed by atoms with Crippen LogP contribution in [-0.4, -0.2) is 35.9 Å². The zero-order valence-electron chi connectivity index (χ0n) is 23.4. The van der Waals surface area contributed by atoms with E-state index in [1.54, 1.807) is 6.92 Å². The van der Waals surface area contributed by atoms with E-state index >= 15 is 0 Å². The topological polar surface area (TPSA) is 83.8 Å². The molecule has 0 bridgehead atoms. The Bertz CT molecular complexity index is 931. The fraction of sp³-hybridized carbons (Fsp3) is 0.742. The summed E-state index contributed by atoms with van der Waals surface area (Å²) in [5, 5.41) is 19.1. The van der Waals surface area contributed by atoms with Crippen molar-refractivity contribution in [2.45, 2.75) is 92.4 Å². The van der Waals surface area contributed by atoms with Gasteiger partial charge in [0.1, 0.15) is 0 Å². The smallest absolute Gasteiger partial charge is 0.330 e. The van der Waals surface area contributed by atoms with Crippen LogP contribution in [0.1, 0.15) is 92.4 Å². The van der Waals surface area contributed by atoms with Crippen molar-refractivity contribution in [3.63, 3.8) is 0 Å². The van der Waals surface area contributed by atoms with E-state index in [1.165, 1.54) is 25.5 Å². The van der Waals surface area contributed by atoms with Crippen LogP contribution in [-0.2, 0) is 14.3 Å². The third kappa shape index (κ3) is 4.85. The van der Waals surface area contributed by atoms with Crippen molar-refractivity contribution in [3.8, 4) is 0 Å². The zero-order valence-corrected chi connectivity index (χ0v) is 23.4. The molecule has 3 rings (SSSR count). The minimum atomic E-state index is -0.831. The van der Waals surface area contributed by atoms with Gasteiger partial charge in [-0.1, -0.05) is 52.0 Å². The van der Waals surface area contributed by atoms with Gasteiger partial charge in [0.15, 0.2) is 0 Å². The fourth-order valence-corrected chi connectivity index (χ4v) is 8.52. The van der Waals surface area contributed by atoms with E-state index in [0.29, 0.717) is 36.2 Å². The summed E-state index contributed by atoms with van der Waals surface area (Å²) < 4.78 is 4.98. The minimum Gasteiger partial charge on any atom is -0.478 e. The summed E-state index contributed by atoms with van der Waals surface area (Å²) >= 11 is 0. The van der Waals surface area contributed by atoms with Gasteiger partial charge in [0.05, 0.1) is 13.7 Å². The largest absolute Gasteiger partial charge is 0.478 e. The number of esters is 1. The van der Waals surface area contributed by atoms with Gasteiger partial charge in [0.2, 0.25) is 0 Å². The maximum Gasteiger partial charge on any atom is 0.330 e. The first-order valence-electron chi connectivity index (χ1n) is 13.8. The van der Waals surface area contributed by atoms with Crippen molar-refractivity contribution in [1.29, 1.82) is 0 Å². The quantitative estimate of drug-likeness (QED) is 0.198. The number of carboxylic acid groups (broad SMARTS) is 1. The number of ether oxygens (including phenoxy) is 1. The molecular formula is C31H48O5. The van der Waals surface area contributed by atoms with Crippen molar-refractivity contribution in [3.05, 3.63) is 35.5 Å². The standard InChI is InChI=1S/C31H48O5/c1-20(9-8-10-21(2)28(34)35)24-13-17-31(6)26-12-11-23(22(3)19-32)29(4,16-15-27(33)36-7)25(26)14-18-30(24,31)5/h10,14,20,23-24,26,32H,3,8-9,11-13,15-19H2,1-2,4-7H3,(H,34,35)/t20-,23+,24-,26-,29+,30-,31+/m1/s1. The molecule has 2 N–H and O–H groups in total. The molecule has 2 fully saturated rings. The Hall–Kier alpha value is -1.88. The highest BCUT2D eigenvalue weighted by Gasteiger charge is 2.63. The molecule has 0 radical (unpaired) electrons. The third-order valence-corrected chi connectivity index (χ3v) is 11.0. The van der Waals surface area contributed by atoms with E-state index in [0.717, 1.165) is 37.7 Å². The van der Waals surface area contributed by atoms with Gasteiger partial charge in [0.25, 0.3) is 0 Å². The summed E-state index contributed by atoms with van der Waals surface area (Å²) in [5.41, 5.74) is 2.96. The SMILES string of the molecule is C=C(CO)[C@@H]1CC[C@@H]2C(=CC[C@]3(C)[C@@H]([C@H](C)CCC=C(C)C(=O)O)CC[C@@]23C)[C@@]1(C)CCC(=O)OC. The van der Waals surface area contributed by atoms with E-state index < -0.39 is 5.97 Å². The molecule has 36 heavy (non-hydrogen) atoms. The number of aliphatic carboxylic acids is 1. The number of hydrogen-bond donors (Lipinski definition) is 2. The molecule has 3 aliphatic carbocycles. The average Bonchev–Trinajstić information content (AvgIpc) is 3.13. The number of hydrogen-bond acceptors (Lipinski definition) is 4. The molecule has 2 saturated carbocycles. The molecule has 0 spiro atoms. The van der Waals surface area contributed by atoms with E-state index in [-0.39, 0.29) is 34.7 Å². The Balaban J connectivity index is 1.90. The van der Waals surface area contributed by atoms with Gasteiger partial charge in [-0.3, -0.25) is 4.79 Å². The number of methoxy groups -OCH3 is 1. The van der Waals surface area contributed by atoms with E-state index in [4.69, 9.17) is 4.74 Å². The molecule has 202 valence electrons. The highest BCUT2D eigenvalue weighted by atomic mass is 16.5. The predicted molar refractivity (Wildman–Crippen MR) is 143 cm³/mol. The number of aliphatic hydroxyl groups is 1. The average molecular weight is 501 g/mol. The van der Waals surface area contributed by atoms with Crippen LogP contribution in [0.3, 0.4) is 0 Å². The van der Waals surface area contributed by atoms with E-state index in [9.17, 15) is 19.8 Å². The lowest BCUT2D eigenvalue weighted by atomic mass is 9.44. The Labute approximate surface area is 218 Å². The number of carbonyl (C=O) groups excluding carboxylic acids is 1. The molecule has 3 aliphatic rings. The molecule has 5 nitrogen and oxygen atoms in total. The lowest BCUT2D eigenvalue weighted by molar-refractivity contribution is -0.141. The van der Waals surface area contributed by atoms with Gasteiger partial charge in [-0.05, 0) is 104 Å². The molecule has 5 heteroatoms. The third-order valence-electron chi connectivity index (χ3n) is 11.0. The zero-order chi connectivity index (χ0) is 26.9. The molecule has 0 aromatic rings. The van der Waals surface area contributed by atoms with Crippen LogP contribution in [0.15, 0.2) is 35.5 Å². The highest BCUT2D eigenvalue weighted by molar-refractivity contribution is 5.85. The molecule has 0 amide bonds. The van der Waals surface area contributed by atoms with Crippen LogP contribution in [0.5, 0.6) is 0 Å². The number of carboxylic acids is 1. The van der Waals surface area contributed by atoms with Gasteiger partial charge < -0.3 is 14.9 Å². The highest BCUT2D eigenvalue weighted by Crippen LogP contribution is 2.71. The van der Waals surface area contributed by atoms with Crippen LogP contribution in [0, 0.1) is 39.9 Å². The summed E-state index contributed by atoms with van der Waals surface area (Å²) in [4.78, 5) is 23.3. The Morgan fingerprint density at radius 1 is 1.22 bits per heavy atom. The Morgan fingerprint density at radius 2 is 1.92 bits per heavy atom. The maximum absolute atomic E-state index is 12.1. The van der Waals surface area contributed by atoms with Crippen LogP contribution in [0.25, 0.3) is 0 Å². The molecular weight excluding hydrogens is 452 g/mol. The summed E-state index contributed by atoms with van der Waals surface area (Å²) in [6.07, 6.45) is 12.8. The second-order valence-corrected chi connectivity index (χ2v) is 12.6. The molecule has 0 aliphatic heterocycles. The summed E-state index contributed by atoms with van der Waals surface area (Å²) in [6, 6.07) is 0. The van der Waals surface area contributed by atoms with Crippen molar-refractivity contribution in [1.82, 2.24) is 0 Å². The second kappa shape index (κ2) is 10.8. The first kappa shape index (κ1) is 28.7. The Kier molecular flexibility index (Phi) is 8.65. The first-order chi connectivity index (χ1) is 16.9. The van der Waals surface area contributed by atoms with Gasteiger partial charge in [-0.2, -0.15) is 0 Å². The summed E-state index contributed by atoms with van der Waals surface area (Å²) in [7, 11) is 1.45. The first-order valence-corrected chi connectivity index (χ1v) is 13.8. The van der Waals surface area contributed by atoms with Gasteiger partial charge >= 0.3 is 11.9 Å². The van der Waals surface area contributed by atoms with Crippen LogP contribution in [0.2, 0.25) is 0 Å². The number of carbonyl (C=O) groups is 2. The molecule has 7 atom stereocenters. The number of allylic oxidation sites excluding steroid dienone is 3. The number of fused-ring (bicyclic) bond motifs is 3. The van der Waals surface area contributed by atoms with Crippen molar-refractivity contribution < 1.29 is 24.5 Å². The maximum atomic E-state index is 12.1. The number of aliphatic hydroxyl groups excluding tert-OH is 1. The molecule has 0 heterocycles. The van der Waals surface area contributed by atoms with Crippen molar-refractivity contribution in [2.75, 3.05) is 13.7 Å². The minimum absolute atomic E-state index is 0.0131. The molecule has 0 aromatic heterocycles. The van der Waals surface area contributed by atoms with E-state index in [2.05, 4.69) is 40.3 Å². The van der Waals surface area contributed by atoms with Crippen molar-refractivity contribution in [2.24, 2.45) is 39.9 Å². The predicted octanol–water partition coefficient (Wildman–Crippen LogP) is 6.72. The van der Waals surface area contributed by atoms with Crippen molar-refractivity contribution >= 4 is 11.9 Å². The summed E-state index contributed by atoms with van der Waals surface area (Å²) in [6.45, 7) is 15.5.